The fourth-order valence-corrected chi connectivity index (χ4v) is 3.70. The minimum atomic E-state index is -0.0777. The normalized spacial score (nSPS) is 18.9. The van der Waals surface area contributed by atoms with Gasteiger partial charge in [0.2, 0.25) is 5.91 Å². The summed E-state index contributed by atoms with van der Waals surface area (Å²) in [5, 5.41) is 5.77. The summed E-state index contributed by atoms with van der Waals surface area (Å²) in [6.45, 7) is 0.643. The van der Waals surface area contributed by atoms with Crippen molar-refractivity contribution in [2.24, 2.45) is 11.8 Å². The first-order valence-corrected chi connectivity index (χ1v) is 9.70. The fourth-order valence-electron chi connectivity index (χ4n) is 3.70. The summed E-state index contributed by atoms with van der Waals surface area (Å²) in [4.78, 5) is 28.5. The zero-order chi connectivity index (χ0) is 19.9. The lowest BCUT2D eigenvalue weighted by Gasteiger charge is -2.27. The van der Waals surface area contributed by atoms with Gasteiger partial charge in [-0.2, -0.15) is 0 Å². The molecule has 28 heavy (non-hydrogen) atoms. The van der Waals surface area contributed by atoms with Crippen LogP contribution in [-0.4, -0.2) is 37.5 Å². The van der Waals surface area contributed by atoms with Crippen LogP contribution < -0.4 is 15.4 Å². The smallest absolute Gasteiger partial charge is 0.251 e. The van der Waals surface area contributed by atoms with Gasteiger partial charge in [-0.1, -0.05) is 12.1 Å². The van der Waals surface area contributed by atoms with Crippen LogP contribution in [0, 0.1) is 11.8 Å². The molecular weight excluding hydrogens is 354 g/mol. The van der Waals surface area contributed by atoms with E-state index in [1.54, 1.807) is 26.6 Å². The summed E-state index contributed by atoms with van der Waals surface area (Å²) < 4.78 is 5.22. The fraction of sp³-hybridized carbons (Fsp3) is 0.409. The van der Waals surface area contributed by atoms with E-state index in [9.17, 15) is 9.59 Å². The van der Waals surface area contributed by atoms with Crippen molar-refractivity contribution in [2.45, 2.75) is 25.7 Å². The van der Waals surface area contributed by atoms with Crippen molar-refractivity contribution < 1.29 is 14.3 Å². The number of methoxy groups -OCH3 is 1. The monoisotopic (exact) mass is 381 g/mol. The van der Waals surface area contributed by atoms with Crippen LogP contribution in [0.25, 0.3) is 11.1 Å². The Balaban J connectivity index is 1.57. The zero-order valence-electron chi connectivity index (χ0n) is 16.4. The molecule has 1 aliphatic carbocycles. The maximum absolute atomic E-state index is 12.6. The highest BCUT2D eigenvalue weighted by Crippen LogP contribution is 2.28. The minimum Gasteiger partial charge on any atom is -0.495 e. The van der Waals surface area contributed by atoms with Crippen molar-refractivity contribution in [1.29, 1.82) is 0 Å². The van der Waals surface area contributed by atoms with Crippen LogP contribution in [0.4, 0.5) is 0 Å². The molecule has 1 aromatic carbocycles. The van der Waals surface area contributed by atoms with Crippen LogP contribution in [0.3, 0.4) is 0 Å². The highest BCUT2D eigenvalue weighted by atomic mass is 16.5. The molecule has 0 atom stereocenters. The second-order valence-corrected chi connectivity index (χ2v) is 7.24. The first kappa shape index (κ1) is 19.9. The average molecular weight is 381 g/mol. The van der Waals surface area contributed by atoms with Gasteiger partial charge >= 0.3 is 0 Å². The molecule has 148 valence electrons. The molecule has 0 unspecified atom stereocenters. The number of rotatable bonds is 6. The molecule has 1 fully saturated rings. The van der Waals surface area contributed by atoms with E-state index in [4.69, 9.17) is 4.74 Å². The highest BCUT2D eigenvalue weighted by molar-refractivity contribution is 5.95. The minimum absolute atomic E-state index is 0.0777. The average Bonchev–Trinajstić information content (AvgIpc) is 2.77. The zero-order valence-corrected chi connectivity index (χ0v) is 16.4. The van der Waals surface area contributed by atoms with Crippen molar-refractivity contribution in [3.8, 4) is 16.9 Å². The third kappa shape index (κ3) is 4.88. The first-order chi connectivity index (χ1) is 13.6. The van der Waals surface area contributed by atoms with Gasteiger partial charge < -0.3 is 15.4 Å². The van der Waals surface area contributed by atoms with Crippen molar-refractivity contribution in [1.82, 2.24) is 15.6 Å². The van der Waals surface area contributed by atoms with Crippen molar-refractivity contribution >= 4 is 11.8 Å². The molecule has 0 aliphatic heterocycles. The summed E-state index contributed by atoms with van der Waals surface area (Å²) in [5.41, 5.74) is 2.45. The SMILES string of the molecule is CNC(=O)C1CCC(CNC(=O)c2cccc(-c3cncc(OC)c3)c2)CC1. The van der Waals surface area contributed by atoms with Gasteiger partial charge in [-0.05, 0) is 55.4 Å². The molecule has 1 aromatic heterocycles. The van der Waals surface area contributed by atoms with Gasteiger partial charge in [0.25, 0.3) is 5.91 Å². The van der Waals surface area contributed by atoms with Crippen molar-refractivity contribution in [3.05, 3.63) is 48.3 Å². The van der Waals surface area contributed by atoms with Crippen LogP contribution in [0.2, 0.25) is 0 Å². The van der Waals surface area contributed by atoms with Gasteiger partial charge in [0.05, 0.1) is 13.3 Å². The lowest BCUT2D eigenvalue weighted by molar-refractivity contribution is -0.125. The summed E-state index contributed by atoms with van der Waals surface area (Å²) in [6.07, 6.45) is 7.11. The lowest BCUT2D eigenvalue weighted by atomic mass is 9.81. The van der Waals surface area contributed by atoms with E-state index in [2.05, 4.69) is 15.6 Å². The molecule has 1 aliphatic rings. The van der Waals surface area contributed by atoms with Gasteiger partial charge in [-0.15, -0.1) is 0 Å². The molecule has 2 amide bonds. The number of carbonyl (C=O) groups excluding carboxylic acids is 2. The summed E-state index contributed by atoms with van der Waals surface area (Å²) in [5.74, 6) is 1.28. The molecule has 6 nitrogen and oxygen atoms in total. The number of nitrogens with zero attached hydrogens (tertiary/aromatic N) is 1. The Kier molecular flexibility index (Phi) is 6.63. The highest BCUT2D eigenvalue weighted by Gasteiger charge is 2.25. The second kappa shape index (κ2) is 9.35. The molecule has 3 rings (SSSR count). The van der Waals surface area contributed by atoms with E-state index in [0.29, 0.717) is 23.8 Å². The Bertz CT molecular complexity index is 829. The van der Waals surface area contributed by atoms with E-state index in [1.165, 1.54) is 0 Å². The molecule has 2 N–H and O–H groups in total. The number of ether oxygens (including phenoxy) is 1. The number of carbonyl (C=O) groups is 2. The molecule has 0 saturated heterocycles. The molecule has 0 spiro atoms. The molecule has 0 radical (unpaired) electrons. The van der Waals surface area contributed by atoms with E-state index in [1.807, 2.05) is 30.3 Å². The number of aromatic nitrogens is 1. The molecule has 2 aromatic rings. The summed E-state index contributed by atoms with van der Waals surface area (Å²) >= 11 is 0. The van der Waals surface area contributed by atoms with Crippen LogP contribution in [0.15, 0.2) is 42.7 Å². The van der Waals surface area contributed by atoms with Crippen LogP contribution >= 0.6 is 0 Å². The largest absolute Gasteiger partial charge is 0.495 e. The third-order valence-corrected chi connectivity index (χ3v) is 5.42. The van der Waals surface area contributed by atoms with Gasteiger partial charge in [0.1, 0.15) is 5.75 Å². The van der Waals surface area contributed by atoms with E-state index in [0.717, 1.165) is 36.8 Å². The number of nitrogens with one attached hydrogen (secondary N) is 2. The van der Waals surface area contributed by atoms with Crippen molar-refractivity contribution in [3.63, 3.8) is 0 Å². The molecule has 6 heteroatoms. The summed E-state index contributed by atoms with van der Waals surface area (Å²) in [7, 11) is 3.29. The number of benzene rings is 1. The van der Waals surface area contributed by atoms with Gasteiger partial charge in [-0.3, -0.25) is 14.6 Å². The van der Waals surface area contributed by atoms with Gasteiger partial charge in [-0.25, -0.2) is 0 Å². The van der Waals surface area contributed by atoms with Crippen LogP contribution in [0.1, 0.15) is 36.0 Å². The second-order valence-electron chi connectivity index (χ2n) is 7.24. The van der Waals surface area contributed by atoms with Gasteiger partial charge in [0.15, 0.2) is 0 Å². The lowest BCUT2D eigenvalue weighted by Crippen LogP contribution is -2.34. The first-order valence-electron chi connectivity index (χ1n) is 9.70. The molecule has 0 bridgehead atoms. The van der Waals surface area contributed by atoms with Gasteiger partial charge in [0, 0.05) is 36.8 Å². The molecular formula is C22H27N3O3. The Labute approximate surface area is 165 Å². The standard InChI is InChI=1S/C22H27N3O3/c1-23-21(26)16-8-6-15(7-9-16)12-25-22(27)18-5-3-4-17(10-18)19-11-20(28-2)14-24-13-19/h3-5,10-11,13-16H,6-9,12H2,1-2H3,(H,23,26)(H,25,27). The predicted octanol–water partition coefficient (Wildman–Crippen LogP) is 3.04. The number of amides is 2. The van der Waals surface area contributed by atoms with Crippen molar-refractivity contribution in [2.75, 3.05) is 20.7 Å². The third-order valence-electron chi connectivity index (χ3n) is 5.42. The topological polar surface area (TPSA) is 80.3 Å². The quantitative estimate of drug-likeness (QED) is 0.806. The molecule has 1 saturated carbocycles. The maximum Gasteiger partial charge on any atom is 0.251 e. The van der Waals surface area contributed by atoms with Crippen LogP contribution in [0.5, 0.6) is 5.75 Å². The predicted molar refractivity (Wildman–Crippen MR) is 108 cm³/mol. The number of hydrogen-bond donors (Lipinski definition) is 2. The maximum atomic E-state index is 12.6. The van der Waals surface area contributed by atoms with E-state index >= 15 is 0 Å². The Hall–Kier alpha value is -2.89. The van der Waals surface area contributed by atoms with Crippen LogP contribution in [-0.2, 0) is 4.79 Å². The number of hydrogen-bond acceptors (Lipinski definition) is 4. The summed E-state index contributed by atoms with van der Waals surface area (Å²) in [6, 6.07) is 9.41. The Morgan fingerprint density at radius 2 is 1.89 bits per heavy atom. The number of pyridine rings is 1. The van der Waals surface area contributed by atoms with E-state index < -0.39 is 0 Å². The molecule has 1 heterocycles. The van der Waals surface area contributed by atoms with E-state index in [-0.39, 0.29) is 17.7 Å². The Morgan fingerprint density at radius 3 is 2.61 bits per heavy atom. The Morgan fingerprint density at radius 1 is 1.11 bits per heavy atom.